The molecule has 0 spiro atoms. The Kier molecular flexibility index (Phi) is 2.99. The normalized spacial score (nSPS) is 15.1. The van der Waals surface area contributed by atoms with Crippen LogP contribution in [0.3, 0.4) is 0 Å². The van der Waals surface area contributed by atoms with Gasteiger partial charge in [0, 0.05) is 0 Å². The number of hydrogen-bond acceptors (Lipinski definition) is 3. The molecule has 0 heterocycles. The van der Waals surface area contributed by atoms with Crippen LogP contribution in [0.15, 0.2) is 0 Å². The van der Waals surface area contributed by atoms with E-state index >= 15 is 0 Å². The van der Waals surface area contributed by atoms with Crippen LogP contribution in [-0.2, 0) is 18.7 Å². The second-order valence-corrected chi connectivity index (χ2v) is 3.40. The van der Waals surface area contributed by atoms with Gasteiger partial charge in [0.15, 0.2) is 0 Å². The number of aliphatic carboxylic acids is 1. The first-order chi connectivity index (χ1) is 3.55. The summed E-state index contributed by atoms with van der Waals surface area (Å²) in [5.41, 5.74) is 5.06. The van der Waals surface area contributed by atoms with Gasteiger partial charge in [-0.25, -0.2) is 0 Å². The predicted molar refractivity (Wildman–Crippen MR) is 25.7 cm³/mol. The fourth-order valence-corrected chi connectivity index (χ4v) is 0.535. The number of carbonyl (C=O) groups is 1. The van der Waals surface area contributed by atoms with Gasteiger partial charge in [-0.1, -0.05) is 0 Å². The Bertz CT molecular complexity index is 95.3. The van der Waals surface area contributed by atoms with Crippen molar-refractivity contribution in [1.29, 1.82) is 0 Å². The zero-order valence-electron chi connectivity index (χ0n) is 4.42. The molecule has 0 aliphatic rings. The molecule has 0 radical (unpaired) electrons. The molecule has 4 nitrogen and oxygen atoms in total. The van der Waals surface area contributed by atoms with Crippen molar-refractivity contribution in [2.45, 2.75) is 10.8 Å². The average Bonchev–Trinajstić information content (AvgIpc) is 1.64. The van der Waals surface area contributed by atoms with Crippen LogP contribution >= 0.6 is 0 Å². The molecule has 0 saturated carbocycles. The summed E-state index contributed by atoms with van der Waals surface area (Å²) in [6, 6.07) is 0. The topological polar surface area (TPSA) is 89.3 Å². The van der Waals surface area contributed by atoms with Crippen molar-refractivity contribution < 1.29 is 23.8 Å². The van der Waals surface area contributed by atoms with Gasteiger partial charge in [-0.3, -0.25) is 0 Å². The van der Waals surface area contributed by atoms with E-state index in [-0.39, 0.29) is 0 Å². The molecule has 0 aromatic heterocycles. The summed E-state index contributed by atoms with van der Waals surface area (Å²) in [5, 5.41) is 8.16. The minimum atomic E-state index is -1.03. The molecule has 0 amide bonds. The van der Waals surface area contributed by atoms with Crippen LogP contribution in [0, 0.1) is 0 Å². The van der Waals surface area contributed by atoms with Gasteiger partial charge in [-0.15, -0.1) is 0 Å². The molecule has 1 atom stereocenters. The first kappa shape index (κ1) is 7.90. The minimum absolute atomic E-state index is 0.873. The fraction of sp³-hybridized carbons (Fsp3) is 0.667. The van der Waals surface area contributed by atoms with Gasteiger partial charge in [0.05, 0.1) is 0 Å². The summed E-state index contributed by atoms with van der Waals surface area (Å²) in [6.45, 7) is 0. The zero-order chi connectivity index (χ0) is 6.73. The number of carboxylic acids is 1. The van der Waals surface area contributed by atoms with Crippen LogP contribution in [0.5, 0.6) is 0 Å². The molecule has 0 fully saturated rings. The Balaban J connectivity index is 3.64. The van der Waals surface area contributed by atoms with Crippen molar-refractivity contribution in [2.75, 3.05) is 0 Å². The molecule has 5 N–H and O–H groups in total. The molecule has 5 heteroatoms. The van der Waals surface area contributed by atoms with Gasteiger partial charge < -0.3 is 0 Å². The number of nitrogens with two attached hydrogens (primary N) is 2. The monoisotopic (exact) mass is 164 g/mol. The van der Waals surface area contributed by atoms with Gasteiger partial charge in [-0.2, -0.15) is 0 Å². The summed E-state index contributed by atoms with van der Waals surface area (Å²) in [6.07, 6.45) is 0. The standard InChI is InChI=1S/C2H4NO2.CH3.Co.H2N/c3-1-2(4)5;;;/h1H,3H2,(H,4,5);1H3;;1H2/q;;+1;-1. The molecular formula is C3H9CoN2O2. The molecule has 0 rings (SSSR count). The van der Waals surface area contributed by atoms with Gasteiger partial charge in [0.2, 0.25) is 0 Å². The average molecular weight is 164 g/mol. The van der Waals surface area contributed by atoms with Crippen molar-refractivity contribution in [3.05, 3.63) is 0 Å². The third kappa shape index (κ3) is 2.27. The van der Waals surface area contributed by atoms with Crippen molar-refractivity contribution >= 4 is 5.97 Å². The zero-order valence-corrected chi connectivity index (χ0v) is 5.46. The first-order valence-corrected chi connectivity index (χ1v) is 4.01. The van der Waals surface area contributed by atoms with Crippen LogP contribution < -0.4 is 10.5 Å². The van der Waals surface area contributed by atoms with Crippen molar-refractivity contribution in [3.63, 3.8) is 0 Å². The van der Waals surface area contributed by atoms with Crippen LogP contribution in [0.4, 0.5) is 0 Å². The summed E-state index contributed by atoms with van der Waals surface area (Å²) >= 11 is -1.00. The quantitative estimate of drug-likeness (QED) is 0.483. The van der Waals surface area contributed by atoms with E-state index in [1.807, 2.05) is 0 Å². The van der Waals surface area contributed by atoms with Crippen molar-refractivity contribution in [2.24, 2.45) is 10.5 Å². The third-order valence-electron chi connectivity index (χ3n) is 0.552. The van der Waals surface area contributed by atoms with Crippen molar-refractivity contribution in [3.8, 4) is 0 Å². The molecular weight excluding hydrogens is 155 g/mol. The van der Waals surface area contributed by atoms with Crippen molar-refractivity contribution in [1.82, 2.24) is 0 Å². The molecule has 0 aromatic carbocycles. The molecule has 8 heavy (non-hydrogen) atoms. The summed E-state index contributed by atoms with van der Waals surface area (Å²) < 4.78 is 0. The van der Waals surface area contributed by atoms with E-state index in [1.165, 1.54) is 0 Å². The molecule has 1 unspecified atom stereocenters. The van der Waals surface area contributed by atoms with Crippen LogP contribution in [0.2, 0.25) is 5.86 Å². The van der Waals surface area contributed by atoms with Gasteiger partial charge >= 0.3 is 51.1 Å². The van der Waals surface area contributed by atoms with E-state index in [0.29, 0.717) is 0 Å². The van der Waals surface area contributed by atoms with E-state index in [9.17, 15) is 4.79 Å². The third-order valence-corrected chi connectivity index (χ3v) is 1.83. The second-order valence-electron chi connectivity index (χ2n) is 1.21. The molecule has 0 bridgehead atoms. The maximum atomic E-state index is 9.95. The molecule has 0 aliphatic carbocycles. The van der Waals surface area contributed by atoms with E-state index in [1.54, 1.807) is 5.86 Å². The van der Waals surface area contributed by atoms with Gasteiger partial charge in [0.1, 0.15) is 0 Å². The van der Waals surface area contributed by atoms with Crippen LogP contribution in [0.1, 0.15) is 0 Å². The van der Waals surface area contributed by atoms with E-state index in [0.717, 1.165) is 0 Å². The fourth-order valence-electron chi connectivity index (χ4n) is 0.130. The number of hydrogen-bond donors (Lipinski definition) is 3. The molecule has 0 saturated heterocycles. The van der Waals surface area contributed by atoms with E-state index < -0.39 is 24.8 Å². The van der Waals surface area contributed by atoms with Gasteiger partial charge in [-0.05, 0) is 0 Å². The number of rotatable bonds is 2. The predicted octanol–water partition coefficient (Wildman–Crippen LogP) is -1.10. The molecule has 0 aliphatic heterocycles. The SMILES string of the molecule is [CH3][Co]([NH2])[CH](N)C(=O)O. The Labute approximate surface area is 51.8 Å². The molecule has 52 valence electrons. The first-order valence-electron chi connectivity index (χ1n) is 1.77. The second kappa shape index (κ2) is 3.03. The summed E-state index contributed by atoms with van der Waals surface area (Å²) in [4.78, 5) is 14.3. The van der Waals surface area contributed by atoms with Crippen LogP contribution in [-0.4, -0.2) is 16.1 Å². The Morgan fingerprint density at radius 3 is 2.25 bits per heavy atom. The summed E-state index contributed by atoms with van der Waals surface area (Å²) in [7, 11) is 0. The molecule has 0 aromatic rings. The van der Waals surface area contributed by atoms with Crippen LogP contribution in [0.25, 0.3) is 0 Å². The van der Waals surface area contributed by atoms with E-state index in [4.69, 9.17) is 15.6 Å². The Morgan fingerprint density at radius 2 is 2.25 bits per heavy atom. The Morgan fingerprint density at radius 1 is 1.88 bits per heavy atom. The van der Waals surface area contributed by atoms with E-state index in [2.05, 4.69) is 0 Å². The number of carboxylic acid groups (broad SMARTS) is 1. The summed E-state index contributed by atoms with van der Waals surface area (Å²) in [5.74, 6) is 0.589. The Hall–Kier alpha value is -0.104. The maximum absolute atomic E-state index is 9.95. The van der Waals surface area contributed by atoms with Gasteiger partial charge in [0.25, 0.3) is 0 Å².